The number of aliphatic carboxylic acids is 2. The maximum absolute atomic E-state index is 12.2. The highest BCUT2D eigenvalue weighted by Gasteiger charge is 2.52. The van der Waals surface area contributed by atoms with Crippen molar-refractivity contribution in [1.29, 1.82) is 0 Å². The quantitative estimate of drug-likeness (QED) is 0.323. The fraction of sp³-hybridized carbons (Fsp3) is 0.692. The predicted molar refractivity (Wildman–Crippen MR) is 85.4 cm³/mol. The lowest BCUT2D eigenvalue weighted by Crippen LogP contribution is -2.54. The van der Waals surface area contributed by atoms with Gasteiger partial charge in [-0.25, -0.2) is 14.4 Å². The standard InChI is InChI=1S/C13H17Cl3O9/c1-6(17)10(2,14)24-12(4,16)9(22)23-13(5,8(20)21)25-11(3,15)7(18)19/h1-5H3,(H,18,19)(H,20,21). The molecule has 4 atom stereocenters. The lowest BCUT2D eigenvalue weighted by Gasteiger charge is -2.34. The minimum atomic E-state index is -2.83. The van der Waals surface area contributed by atoms with E-state index in [0.717, 1.165) is 34.6 Å². The lowest BCUT2D eigenvalue weighted by atomic mass is 10.2. The van der Waals surface area contributed by atoms with E-state index in [4.69, 9.17) is 49.4 Å². The minimum Gasteiger partial charge on any atom is -0.478 e. The predicted octanol–water partition coefficient (Wildman–Crippen LogP) is 1.90. The molecule has 0 heterocycles. The third-order valence-corrected chi connectivity index (χ3v) is 3.63. The van der Waals surface area contributed by atoms with E-state index in [1.54, 1.807) is 0 Å². The number of alkyl halides is 3. The maximum atomic E-state index is 12.2. The Hall–Kier alpha value is -1.13. The zero-order valence-corrected chi connectivity index (χ0v) is 16.2. The average Bonchev–Trinajstić information content (AvgIpc) is 2.35. The van der Waals surface area contributed by atoms with Gasteiger partial charge in [0, 0.05) is 6.92 Å². The fourth-order valence-electron chi connectivity index (χ4n) is 1.26. The summed E-state index contributed by atoms with van der Waals surface area (Å²) in [6.07, 6.45) is 0. The van der Waals surface area contributed by atoms with Crippen LogP contribution in [-0.4, -0.2) is 54.9 Å². The number of hydrogen-bond donors (Lipinski definition) is 2. The van der Waals surface area contributed by atoms with Gasteiger partial charge in [0.2, 0.25) is 10.1 Å². The Kier molecular flexibility index (Phi) is 7.28. The molecule has 0 amide bonds. The van der Waals surface area contributed by atoms with Gasteiger partial charge < -0.3 is 19.7 Å². The third kappa shape index (κ3) is 6.27. The first-order chi connectivity index (χ1) is 10.9. The first kappa shape index (κ1) is 23.9. The molecule has 0 bridgehead atoms. The van der Waals surface area contributed by atoms with Crippen LogP contribution in [0.25, 0.3) is 0 Å². The number of hydrogen-bond acceptors (Lipinski definition) is 7. The number of rotatable bonds is 9. The van der Waals surface area contributed by atoms with Crippen LogP contribution in [0.2, 0.25) is 0 Å². The summed E-state index contributed by atoms with van der Waals surface area (Å²) in [6, 6.07) is 0. The summed E-state index contributed by atoms with van der Waals surface area (Å²) >= 11 is 17.1. The van der Waals surface area contributed by atoms with Crippen LogP contribution in [0.5, 0.6) is 0 Å². The van der Waals surface area contributed by atoms with E-state index in [0.29, 0.717) is 0 Å². The summed E-state index contributed by atoms with van der Waals surface area (Å²) in [6.45, 7) is 4.68. The van der Waals surface area contributed by atoms with Gasteiger partial charge in [-0.1, -0.05) is 34.8 Å². The molecule has 0 saturated carbocycles. The highest BCUT2D eigenvalue weighted by Crippen LogP contribution is 2.33. The number of carboxylic acid groups (broad SMARTS) is 2. The number of ketones is 1. The van der Waals surface area contributed by atoms with Gasteiger partial charge in [0.15, 0.2) is 10.8 Å². The molecule has 4 unspecified atom stereocenters. The number of halogens is 3. The van der Waals surface area contributed by atoms with E-state index in [1.807, 2.05) is 0 Å². The average molecular weight is 424 g/mol. The van der Waals surface area contributed by atoms with Crippen molar-refractivity contribution in [3.8, 4) is 0 Å². The van der Waals surface area contributed by atoms with E-state index >= 15 is 0 Å². The van der Waals surface area contributed by atoms with Crippen LogP contribution in [0, 0.1) is 0 Å². The number of Topliss-reactive ketones (excluding diaryl/α,β-unsaturated/α-hetero) is 1. The molecule has 0 aliphatic rings. The molecule has 0 aromatic rings. The van der Waals surface area contributed by atoms with Crippen LogP contribution in [0.15, 0.2) is 0 Å². The van der Waals surface area contributed by atoms with Gasteiger partial charge in [0.25, 0.3) is 0 Å². The second-order valence-electron chi connectivity index (χ2n) is 5.46. The molecule has 0 radical (unpaired) electrons. The Bertz CT molecular complexity index is 585. The first-order valence-corrected chi connectivity index (χ1v) is 7.69. The Labute approximate surface area is 158 Å². The van der Waals surface area contributed by atoms with Crippen LogP contribution < -0.4 is 0 Å². The van der Waals surface area contributed by atoms with Crippen molar-refractivity contribution in [2.24, 2.45) is 0 Å². The molecule has 0 rings (SSSR count). The number of carbonyl (C=O) groups is 4. The number of esters is 1. The summed E-state index contributed by atoms with van der Waals surface area (Å²) in [5, 5.41) is 11.2. The number of carbonyl (C=O) groups excluding carboxylic acids is 2. The van der Waals surface area contributed by atoms with Crippen molar-refractivity contribution in [1.82, 2.24) is 0 Å². The highest BCUT2D eigenvalue weighted by molar-refractivity contribution is 6.36. The van der Waals surface area contributed by atoms with E-state index < -0.39 is 44.7 Å². The van der Waals surface area contributed by atoms with E-state index in [2.05, 4.69) is 4.74 Å². The van der Waals surface area contributed by atoms with Crippen LogP contribution in [0.4, 0.5) is 0 Å². The van der Waals surface area contributed by atoms with Crippen LogP contribution in [-0.2, 0) is 33.4 Å². The molecule has 0 aromatic carbocycles. The van der Waals surface area contributed by atoms with Gasteiger partial charge in [-0.05, 0) is 27.7 Å². The normalized spacial score (nSPS) is 21.0. The molecule has 0 aliphatic carbocycles. The summed E-state index contributed by atoms with van der Waals surface area (Å²) in [4.78, 5) is 45.8. The molecule has 9 nitrogen and oxygen atoms in total. The van der Waals surface area contributed by atoms with E-state index in [-0.39, 0.29) is 0 Å². The zero-order valence-electron chi connectivity index (χ0n) is 13.9. The van der Waals surface area contributed by atoms with Gasteiger partial charge in [-0.3, -0.25) is 9.53 Å². The lowest BCUT2D eigenvalue weighted by molar-refractivity contribution is -0.259. The Morgan fingerprint density at radius 3 is 1.52 bits per heavy atom. The number of ether oxygens (including phenoxy) is 3. The second kappa shape index (κ2) is 7.63. The largest absolute Gasteiger partial charge is 0.478 e. The van der Waals surface area contributed by atoms with Crippen molar-refractivity contribution in [3.63, 3.8) is 0 Å². The summed E-state index contributed by atoms with van der Waals surface area (Å²) in [5.41, 5.74) is 0. The molecule has 0 spiro atoms. The SMILES string of the molecule is CC(=O)C(C)(Cl)OC(C)(Cl)C(=O)OC(C)(OC(C)(Cl)C(=O)O)C(=O)O. The van der Waals surface area contributed by atoms with Gasteiger partial charge in [-0.2, -0.15) is 0 Å². The Morgan fingerprint density at radius 1 is 0.760 bits per heavy atom. The summed E-state index contributed by atoms with van der Waals surface area (Å²) in [5.74, 6) is -8.63. The Morgan fingerprint density at radius 2 is 1.20 bits per heavy atom. The van der Waals surface area contributed by atoms with Gasteiger partial charge in [0.05, 0.1) is 0 Å². The Balaban J connectivity index is 5.53. The highest BCUT2D eigenvalue weighted by atomic mass is 35.5. The molecule has 0 aromatic heterocycles. The summed E-state index contributed by atoms with van der Waals surface area (Å²) < 4.78 is 14.3. The first-order valence-electron chi connectivity index (χ1n) is 6.56. The molecular formula is C13H17Cl3O9. The van der Waals surface area contributed by atoms with Crippen molar-refractivity contribution in [3.05, 3.63) is 0 Å². The zero-order chi connectivity index (χ0) is 20.4. The summed E-state index contributed by atoms with van der Waals surface area (Å²) in [7, 11) is 0. The van der Waals surface area contributed by atoms with Crippen LogP contribution in [0.1, 0.15) is 34.6 Å². The minimum absolute atomic E-state index is 0.690. The van der Waals surface area contributed by atoms with Gasteiger partial charge in [0.1, 0.15) is 0 Å². The van der Waals surface area contributed by atoms with Crippen LogP contribution in [0.3, 0.4) is 0 Å². The second-order valence-corrected chi connectivity index (χ2v) is 7.62. The van der Waals surface area contributed by atoms with E-state index in [9.17, 15) is 24.3 Å². The van der Waals surface area contributed by atoms with Crippen molar-refractivity contribution >= 4 is 58.5 Å². The fourth-order valence-corrected chi connectivity index (χ4v) is 1.79. The molecule has 0 saturated heterocycles. The molecular weight excluding hydrogens is 406 g/mol. The van der Waals surface area contributed by atoms with Gasteiger partial charge in [-0.15, -0.1) is 0 Å². The van der Waals surface area contributed by atoms with Crippen LogP contribution >= 0.6 is 34.8 Å². The number of carboxylic acids is 2. The molecule has 12 heteroatoms. The van der Waals surface area contributed by atoms with E-state index in [1.165, 1.54) is 0 Å². The molecule has 25 heavy (non-hydrogen) atoms. The maximum Gasteiger partial charge on any atom is 0.377 e. The van der Waals surface area contributed by atoms with Crippen molar-refractivity contribution in [2.45, 2.75) is 55.6 Å². The monoisotopic (exact) mass is 422 g/mol. The molecule has 0 fully saturated rings. The topological polar surface area (TPSA) is 136 Å². The van der Waals surface area contributed by atoms with Crippen molar-refractivity contribution < 1.29 is 43.6 Å². The molecule has 0 aliphatic heterocycles. The van der Waals surface area contributed by atoms with Crippen molar-refractivity contribution in [2.75, 3.05) is 0 Å². The smallest absolute Gasteiger partial charge is 0.377 e. The molecule has 144 valence electrons. The van der Waals surface area contributed by atoms with Gasteiger partial charge >= 0.3 is 23.7 Å². The third-order valence-electron chi connectivity index (χ3n) is 2.82. The molecule has 2 N–H and O–H groups in total.